The Morgan fingerprint density at radius 1 is 1.33 bits per heavy atom. The highest BCUT2D eigenvalue weighted by Gasteiger charge is 2.30. The summed E-state index contributed by atoms with van der Waals surface area (Å²) in [5.74, 6) is 0.652. The van der Waals surface area contributed by atoms with Gasteiger partial charge in [0.15, 0.2) is 0 Å². The lowest BCUT2D eigenvalue weighted by Gasteiger charge is -2.32. The second-order valence-corrected chi connectivity index (χ2v) is 7.18. The summed E-state index contributed by atoms with van der Waals surface area (Å²) in [5.41, 5.74) is 2.79. The minimum Gasteiger partial charge on any atom is -0.361 e. The van der Waals surface area contributed by atoms with Gasteiger partial charge in [0, 0.05) is 45.0 Å². The lowest BCUT2D eigenvalue weighted by molar-refractivity contribution is 0.0703. The highest BCUT2D eigenvalue weighted by atomic mass is 16.5. The molecule has 2 amide bonds. The molecule has 0 bridgehead atoms. The van der Waals surface area contributed by atoms with Gasteiger partial charge < -0.3 is 14.3 Å². The van der Waals surface area contributed by atoms with Gasteiger partial charge in [0.1, 0.15) is 11.3 Å². The number of rotatable bonds is 4. The molecule has 1 atom stereocenters. The van der Waals surface area contributed by atoms with Crippen molar-refractivity contribution in [3.8, 4) is 0 Å². The number of amides is 2. The van der Waals surface area contributed by atoms with E-state index in [2.05, 4.69) is 10.1 Å². The van der Waals surface area contributed by atoms with Crippen LogP contribution >= 0.6 is 0 Å². The van der Waals surface area contributed by atoms with Crippen molar-refractivity contribution in [3.05, 3.63) is 46.6 Å². The average molecular weight is 370 g/mol. The SMILES string of the molecule is CCc1noc(C)c1C(=O)N1CCC[C@H](c2ccc(C(=O)N(C)C)cn2)C1. The standard InChI is InChI=1S/C20H26N4O3/c1-5-16-18(13(2)27-22-16)20(26)24-10-6-7-15(12-24)17-9-8-14(11-21-17)19(25)23(3)4/h8-9,11,15H,5-7,10,12H2,1-4H3/t15-/m0/s1. The van der Waals surface area contributed by atoms with Crippen LogP contribution in [0.5, 0.6) is 0 Å². The van der Waals surface area contributed by atoms with E-state index in [4.69, 9.17) is 4.52 Å². The molecule has 27 heavy (non-hydrogen) atoms. The molecular formula is C20H26N4O3. The first-order chi connectivity index (χ1) is 12.9. The minimum atomic E-state index is -0.0653. The van der Waals surface area contributed by atoms with E-state index in [1.54, 1.807) is 27.2 Å². The van der Waals surface area contributed by atoms with Gasteiger partial charge in [-0.1, -0.05) is 12.1 Å². The third kappa shape index (κ3) is 3.86. The zero-order valence-electron chi connectivity index (χ0n) is 16.4. The molecule has 1 aliphatic heterocycles. The Labute approximate surface area is 159 Å². The first kappa shape index (κ1) is 19.1. The first-order valence-corrected chi connectivity index (χ1v) is 9.34. The molecule has 2 aromatic rings. The fourth-order valence-corrected chi connectivity index (χ4v) is 3.53. The van der Waals surface area contributed by atoms with Crippen LogP contribution in [0.2, 0.25) is 0 Å². The third-order valence-corrected chi connectivity index (χ3v) is 5.05. The molecule has 7 heteroatoms. The Balaban J connectivity index is 1.75. The largest absolute Gasteiger partial charge is 0.361 e. The Bertz CT molecular complexity index is 826. The fourth-order valence-electron chi connectivity index (χ4n) is 3.53. The van der Waals surface area contributed by atoms with Crippen molar-refractivity contribution in [1.29, 1.82) is 0 Å². The van der Waals surface area contributed by atoms with Crippen molar-refractivity contribution in [2.24, 2.45) is 0 Å². The summed E-state index contributed by atoms with van der Waals surface area (Å²) in [6.45, 7) is 5.08. The Morgan fingerprint density at radius 2 is 2.11 bits per heavy atom. The molecule has 0 aromatic carbocycles. The summed E-state index contributed by atoms with van der Waals surface area (Å²) < 4.78 is 5.22. The monoisotopic (exact) mass is 370 g/mol. The molecule has 144 valence electrons. The smallest absolute Gasteiger partial charge is 0.259 e. The second kappa shape index (κ2) is 7.90. The van der Waals surface area contributed by atoms with Crippen LogP contribution in [0, 0.1) is 6.92 Å². The zero-order chi connectivity index (χ0) is 19.6. The molecule has 0 radical (unpaired) electrons. The average Bonchev–Trinajstić information content (AvgIpc) is 3.07. The maximum absolute atomic E-state index is 13.0. The highest BCUT2D eigenvalue weighted by Crippen LogP contribution is 2.28. The summed E-state index contributed by atoms with van der Waals surface area (Å²) >= 11 is 0. The van der Waals surface area contributed by atoms with Crippen LogP contribution in [0.1, 0.15) is 63.5 Å². The summed E-state index contributed by atoms with van der Waals surface area (Å²) in [7, 11) is 3.44. The van der Waals surface area contributed by atoms with Gasteiger partial charge in [-0.15, -0.1) is 0 Å². The number of hydrogen-bond acceptors (Lipinski definition) is 5. The number of carbonyl (C=O) groups excluding carboxylic acids is 2. The molecule has 1 saturated heterocycles. The van der Waals surface area contributed by atoms with Crippen molar-refractivity contribution in [3.63, 3.8) is 0 Å². The van der Waals surface area contributed by atoms with E-state index in [0.29, 0.717) is 35.5 Å². The topological polar surface area (TPSA) is 79.5 Å². The Morgan fingerprint density at radius 3 is 2.74 bits per heavy atom. The van der Waals surface area contributed by atoms with Crippen molar-refractivity contribution < 1.29 is 14.1 Å². The van der Waals surface area contributed by atoms with Crippen LogP contribution in [0.15, 0.2) is 22.9 Å². The number of aromatic nitrogens is 2. The number of aryl methyl sites for hydroxylation is 2. The molecule has 3 heterocycles. The molecule has 1 aliphatic rings. The normalized spacial score (nSPS) is 17.0. The zero-order valence-corrected chi connectivity index (χ0v) is 16.4. The van der Waals surface area contributed by atoms with E-state index in [0.717, 1.165) is 25.1 Å². The van der Waals surface area contributed by atoms with Crippen LogP contribution in [0.4, 0.5) is 0 Å². The summed E-state index contributed by atoms with van der Waals surface area (Å²) in [5, 5.41) is 4.00. The summed E-state index contributed by atoms with van der Waals surface area (Å²) in [6, 6.07) is 3.71. The van der Waals surface area contributed by atoms with E-state index >= 15 is 0 Å². The maximum Gasteiger partial charge on any atom is 0.259 e. The minimum absolute atomic E-state index is 0.0188. The quantitative estimate of drug-likeness (QED) is 0.827. The van der Waals surface area contributed by atoms with Crippen molar-refractivity contribution in [2.75, 3.05) is 27.2 Å². The Kier molecular flexibility index (Phi) is 5.58. The van der Waals surface area contributed by atoms with Crippen LogP contribution in [0.3, 0.4) is 0 Å². The summed E-state index contributed by atoms with van der Waals surface area (Å²) in [6.07, 6.45) is 4.18. The third-order valence-electron chi connectivity index (χ3n) is 5.05. The molecule has 2 aromatic heterocycles. The second-order valence-electron chi connectivity index (χ2n) is 7.18. The maximum atomic E-state index is 13.0. The highest BCUT2D eigenvalue weighted by molar-refractivity contribution is 5.96. The molecule has 3 rings (SSSR count). The number of carbonyl (C=O) groups is 2. The van der Waals surface area contributed by atoms with Crippen molar-refractivity contribution in [1.82, 2.24) is 19.9 Å². The molecule has 7 nitrogen and oxygen atoms in total. The van der Waals surface area contributed by atoms with Crippen LogP contribution in [-0.2, 0) is 6.42 Å². The number of pyridine rings is 1. The predicted octanol–water partition coefficient (Wildman–Crippen LogP) is 2.66. The lowest BCUT2D eigenvalue weighted by atomic mass is 9.93. The van der Waals surface area contributed by atoms with Gasteiger partial charge in [0.05, 0.1) is 11.3 Å². The number of hydrogen-bond donors (Lipinski definition) is 0. The van der Waals surface area contributed by atoms with Crippen molar-refractivity contribution in [2.45, 2.75) is 39.0 Å². The predicted molar refractivity (Wildman–Crippen MR) is 101 cm³/mol. The van der Waals surface area contributed by atoms with Crippen LogP contribution < -0.4 is 0 Å². The van der Waals surface area contributed by atoms with Gasteiger partial charge in [-0.25, -0.2) is 0 Å². The molecule has 0 saturated carbocycles. The van der Waals surface area contributed by atoms with Gasteiger partial charge >= 0.3 is 0 Å². The number of nitrogens with zero attached hydrogens (tertiary/aromatic N) is 4. The molecule has 0 spiro atoms. The molecule has 0 aliphatic carbocycles. The van der Waals surface area contributed by atoms with Crippen molar-refractivity contribution >= 4 is 11.8 Å². The fraction of sp³-hybridized carbons (Fsp3) is 0.500. The van der Waals surface area contributed by atoms with E-state index in [1.807, 2.05) is 24.0 Å². The van der Waals surface area contributed by atoms with Gasteiger partial charge in [-0.05, 0) is 38.3 Å². The molecule has 1 fully saturated rings. The van der Waals surface area contributed by atoms with Crippen LogP contribution in [0.25, 0.3) is 0 Å². The Hall–Kier alpha value is -2.70. The van der Waals surface area contributed by atoms with Gasteiger partial charge in [-0.3, -0.25) is 14.6 Å². The lowest BCUT2D eigenvalue weighted by Crippen LogP contribution is -2.39. The number of likely N-dealkylation sites (tertiary alicyclic amines) is 1. The van der Waals surface area contributed by atoms with E-state index in [1.165, 1.54) is 4.90 Å². The van der Waals surface area contributed by atoms with E-state index in [-0.39, 0.29) is 17.7 Å². The molecule has 0 unspecified atom stereocenters. The van der Waals surface area contributed by atoms with Gasteiger partial charge in [-0.2, -0.15) is 0 Å². The number of piperidine rings is 1. The summed E-state index contributed by atoms with van der Waals surface area (Å²) in [4.78, 5) is 32.9. The van der Waals surface area contributed by atoms with Crippen LogP contribution in [-0.4, -0.2) is 58.9 Å². The first-order valence-electron chi connectivity index (χ1n) is 9.34. The van der Waals surface area contributed by atoms with E-state index in [9.17, 15) is 9.59 Å². The van der Waals surface area contributed by atoms with Gasteiger partial charge in [0.2, 0.25) is 0 Å². The molecule has 0 N–H and O–H groups in total. The van der Waals surface area contributed by atoms with E-state index < -0.39 is 0 Å². The molecular weight excluding hydrogens is 344 g/mol. The van der Waals surface area contributed by atoms with Gasteiger partial charge in [0.25, 0.3) is 11.8 Å².